The normalized spacial score (nSPS) is 34.1. The number of hydrogen-bond donors (Lipinski definition) is 2. The van der Waals surface area contributed by atoms with E-state index < -0.39 is 0 Å². The quantitative estimate of drug-likeness (QED) is 0.753. The molecule has 0 saturated carbocycles. The summed E-state index contributed by atoms with van der Waals surface area (Å²) in [6, 6.07) is 2.14. The third kappa shape index (κ3) is 3.72. The monoisotopic (exact) mass is 225 g/mol. The molecule has 3 nitrogen and oxygen atoms in total. The molecule has 0 spiro atoms. The van der Waals surface area contributed by atoms with Crippen LogP contribution in [0.3, 0.4) is 0 Å². The van der Waals surface area contributed by atoms with Crippen LogP contribution in [0.5, 0.6) is 0 Å². The average Bonchev–Trinajstić information content (AvgIpc) is 2.65. The number of likely N-dealkylation sites (N-methyl/N-ethyl adjacent to an activating group) is 1. The van der Waals surface area contributed by atoms with Gasteiger partial charge in [-0.3, -0.25) is 0 Å². The maximum Gasteiger partial charge on any atom is 0.0209 e. The fourth-order valence-corrected chi connectivity index (χ4v) is 3.09. The molecular weight excluding hydrogens is 198 g/mol. The first kappa shape index (κ1) is 12.3. The van der Waals surface area contributed by atoms with E-state index in [2.05, 4.69) is 29.5 Å². The SMILES string of the molecule is CC(CC1CCCCN1)NC1CCN(C)C1. The minimum absolute atomic E-state index is 0.659. The molecule has 0 aromatic rings. The maximum atomic E-state index is 3.77. The van der Waals surface area contributed by atoms with E-state index in [0.29, 0.717) is 6.04 Å². The van der Waals surface area contributed by atoms with E-state index in [-0.39, 0.29) is 0 Å². The molecule has 2 aliphatic heterocycles. The summed E-state index contributed by atoms with van der Waals surface area (Å²) < 4.78 is 0. The molecule has 16 heavy (non-hydrogen) atoms. The maximum absolute atomic E-state index is 3.77. The van der Waals surface area contributed by atoms with Gasteiger partial charge in [-0.15, -0.1) is 0 Å². The van der Waals surface area contributed by atoms with Crippen molar-refractivity contribution in [2.24, 2.45) is 0 Å². The van der Waals surface area contributed by atoms with Gasteiger partial charge in [-0.05, 0) is 52.7 Å². The zero-order valence-electron chi connectivity index (χ0n) is 10.8. The Morgan fingerprint density at radius 3 is 2.88 bits per heavy atom. The Balaban J connectivity index is 1.65. The Hall–Kier alpha value is -0.120. The molecule has 0 aromatic heterocycles. The fraction of sp³-hybridized carbons (Fsp3) is 1.00. The average molecular weight is 225 g/mol. The molecule has 2 rings (SSSR count). The van der Waals surface area contributed by atoms with Crippen molar-refractivity contribution in [2.45, 2.75) is 57.2 Å². The molecule has 3 unspecified atom stereocenters. The van der Waals surface area contributed by atoms with Crippen LogP contribution >= 0.6 is 0 Å². The van der Waals surface area contributed by atoms with E-state index in [1.54, 1.807) is 0 Å². The first-order valence-corrected chi connectivity index (χ1v) is 6.92. The lowest BCUT2D eigenvalue weighted by Gasteiger charge is -2.28. The topological polar surface area (TPSA) is 27.3 Å². The van der Waals surface area contributed by atoms with E-state index in [1.807, 2.05) is 0 Å². The molecule has 3 heteroatoms. The van der Waals surface area contributed by atoms with Gasteiger partial charge in [0.25, 0.3) is 0 Å². The lowest BCUT2D eigenvalue weighted by Crippen LogP contribution is -2.43. The molecule has 0 radical (unpaired) electrons. The number of likely N-dealkylation sites (tertiary alicyclic amines) is 1. The second kappa shape index (κ2) is 5.99. The number of piperidine rings is 1. The standard InChI is InChI=1S/C13H27N3/c1-11(9-12-5-3-4-7-14-12)15-13-6-8-16(2)10-13/h11-15H,3-10H2,1-2H3. The highest BCUT2D eigenvalue weighted by Gasteiger charge is 2.22. The molecule has 3 atom stereocenters. The van der Waals surface area contributed by atoms with Gasteiger partial charge in [0.05, 0.1) is 0 Å². The summed E-state index contributed by atoms with van der Waals surface area (Å²) in [5.74, 6) is 0. The molecule has 0 bridgehead atoms. The van der Waals surface area contributed by atoms with E-state index in [0.717, 1.165) is 12.1 Å². The number of nitrogens with zero attached hydrogens (tertiary/aromatic N) is 1. The van der Waals surface area contributed by atoms with Gasteiger partial charge < -0.3 is 15.5 Å². The molecule has 94 valence electrons. The van der Waals surface area contributed by atoms with Crippen LogP contribution in [0.15, 0.2) is 0 Å². The summed E-state index contributed by atoms with van der Waals surface area (Å²) in [5.41, 5.74) is 0. The summed E-state index contributed by atoms with van der Waals surface area (Å²) in [5, 5.41) is 7.41. The number of nitrogens with one attached hydrogen (secondary N) is 2. The van der Waals surface area contributed by atoms with E-state index >= 15 is 0 Å². The van der Waals surface area contributed by atoms with Crippen molar-refractivity contribution in [3.8, 4) is 0 Å². The van der Waals surface area contributed by atoms with Crippen molar-refractivity contribution >= 4 is 0 Å². The van der Waals surface area contributed by atoms with Gasteiger partial charge in [-0.1, -0.05) is 6.42 Å². The van der Waals surface area contributed by atoms with E-state index in [9.17, 15) is 0 Å². The predicted molar refractivity (Wildman–Crippen MR) is 68.8 cm³/mol. The fourth-order valence-electron chi connectivity index (χ4n) is 3.09. The summed E-state index contributed by atoms with van der Waals surface area (Å²) in [6.45, 7) is 6.05. The first-order chi connectivity index (χ1) is 7.74. The zero-order chi connectivity index (χ0) is 11.4. The van der Waals surface area contributed by atoms with Gasteiger partial charge in [0.2, 0.25) is 0 Å². The van der Waals surface area contributed by atoms with Crippen LogP contribution < -0.4 is 10.6 Å². The van der Waals surface area contributed by atoms with Crippen molar-refractivity contribution < 1.29 is 0 Å². The van der Waals surface area contributed by atoms with Crippen LogP contribution in [-0.4, -0.2) is 49.7 Å². The van der Waals surface area contributed by atoms with E-state index in [1.165, 1.54) is 51.7 Å². The van der Waals surface area contributed by atoms with Crippen LogP contribution in [0.2, 0.25) is 0 Å². The molecule has 2 N–H and O–H groups in total. The largest absolute Gasteiger partial charge is 0.314 e. The predicted octanol–water partition coefficient (Wildman–Crippen LogP) is 1.20. The Kier molecular flexibility index (Phi) is 4.62. The van der Waals surface area contributed by atoms with Crippen molar-refractivity contribution in [1.82, 2.24) is 15.5 Å². The Morgan fingerprint density at radius 2 is 2.25 bits per heavy atom. The van der Waals surface area contributed by atoms with Crippen LogP contribution in [0.1, 0.15) is 39.0 Å². The van der Waals surface area contributed by atoms with Crippen molar-refractivity contribution in [2.75, 3.05) is 26.7 Å². The molecule has 0 amide bonds. The molecule has 2 saturated heterocycles. The van der Waals surface area contributed by atoms with Crippen molar-refractivity contribution in [3.63, 3.8) is 0 Å². The van der Waals surface area contributed by atoms with Gasteiger partial charge in [-0.2, -0.15) is 0 Å². The second-order valence-corrected chi connectivity index (χ2v) is 5.70. The van der Waals surface area contributed by atoms with Crippen LogP contribution in [0.4, 0.5) is 0 Å². The van der Waals surface area contributed by atoms with E-state index in [4.69, 9.17) is 0 Å². The molecule has 2 fully saturated rings. The second-order valence-electron chi connectivity index (χ2n) is 5.70. The Labute approximate surface area is 100.0 Å². The smallest absolute Gasteiger partial charge is 0.0209 e. The summed E-state index contributed by atoms with van der Waals surface area (Å²) in [6.07, 6.45) is 6.76. The van der Waals surface area contributed by atoms with Crippen LogP contribution in [0, 0.1) is 0 Å². The van der Waals surface area contributed by atoms with Crippen molar-refractivity contribution in [1.29, 1.82) is 0 Å². The molecule has 2 aliphatic rings. The highest BCUT2D eigenvalue weighted by molar-refractivity contribution is 4.83. The summed E-state index contributed by atoms with van der Waals surface area (Å²) in [4.78, 5) is 2.42. The lowest BCUT2D eigenvalue weighted by atomic mass is 9.98. The van der Waals surface area contributed by atoms with Gasteiger partial charge in [0, 0.05) is 24.7 Å². The van der Waals surface area contributed by atoms with Crippen LogP contribution in [0.25, 0.3) is 0 Å². The number of hydrogen-bond acceptors (Lipinski definition) is 3. The minimum Gasteiger partial charge on any atom is -0.314 e. The van der Waals surface area contributed by atoms with Crippen LogP contribution in [-0.2, 0) is 0 Å². The van der Waals surface area contributed by atoms with Gasteiger partial charge in [-0.25, -0.2) is 0 Å². The van der Waals surface area contributed by atoms with Gasteiger partial charge in [0.15, 0.2) is 0 Å². The number of rotatable bonds is 4. The van der Waals surface area contributed by atoms with Gasteiger partial charge >= 0.3 is 0 Å². The Bertz CT molecular complexity index is 195. The first-order valence-electron chi connectivity index (χ1n) is 6.92. The van der Waals surface area contributed by atoms with Gasteiger partial charge in [0.1, 0.15) is 0 Å². The summed E-state index contributed by atoms with van der Waals surface area (Å²) in [7, 11) is 2.22. The molecule has 0 aromatic carbocycles. The third-order valence-corrected chi connectivity index (χ3v) is 3.96. The third-order valence-electron chi connectivity index (χ3n) is 3.96. The highest BCUT2D eigenvalue weighted by atomic mass is 15.2. The molecule has 2 heterocycles. The Morgan fingerprint density at radius 1 is 1.38 bits per heavy atom. The lowest BCUT2D eigenvalue weighted by molar-refractivity contribution is 0.324. The zero-order valence-corrected chi connectivity index (χ0v) is 10.8. The minimum atomic E-state index is 0.659. The molecule has 0 aliphatic carbocycles. The highest BCUT2D eigenvalue weighted by Crippen LogP contribution is 2.13. The summed E-state index contributed by atoms with van der Waals surface area (Å²) >= 11 is 0. The molecular formula is C13H27N3. The van der Waals surface area contributed by atoms with Crippen molar-refractivity contribution in [3.05, 3.63) is 0 Å².